The lowest BCUT2D eigenvalue weighted by molar-refractivity contribution is 0.243. The molecule has 0 unspecified atom stereocenters. The molecule has 3 aromatic rings. The van der Waals surface area contributed by atoms with Crippen LogP contribution in [0.5, 0.6) is 0 Å². The first-order valence-corrected chi connectivity index (χ1v) is 8.99. The smallest absolute Gasteiger partial charge is 0.248 e. The maximum atomic E-state index is 5.50. The van der Waals surface area contributed by atoms with Crippen LogP contribution in [0.3, 0.4) is 0 Å². The quantitative estimate of drug-likeness (QED) is 0.733. The van der Waals surface area contributed by atoms with Gasteiger partial charge in [0, 0.05) is 30.4 Å². The molecule has 0 amide bonds. The summed E-state index contributed by atoms with van der Waals surface area (Å²) in [6.45, 7) is 1.70. The van der Waals surface area contributed by atoms with Crippen LogP contribution in [-0.2, 0) is 6.54 Å². The summed E-state index contributed by atoms with van der Waals surface area (Å²) in [5, 5.41) is 8.52. The van der Waals surface area contributed by atoms with Crippen LogP contribution in [0, 0.1) is 0 Å². The lowest BCUT2D eigenvalue weighted by atomic mass is 9.94. The molecule has 0 spiro atoms. The van der Waals surface area contributed by atoms with Crippen LogP contribution in [-0.4, -0.2) is 37.4 Å². The monoisotopic (exact) mass is 335 g/mol. The first kappa shape index (κ1) is 14.8. The molecule has 6 nitrogen and oxygen atoms in total. The summed E-state index contributed by atoms with van der Waals surface area (Å²) in [7, 11) is 0. The van der Waals surface area contributed by atoms with Crippen LogP contribution in [0.4, 0.5) is 0 Å². The Labute approximate surface area is 146 Å². The Hall–Kier alpha value is -2.47. The molecule has 2 saturated heterocycles. The molecule has 2 fully saturated rings. The van der Waals surface area contributed by atoms with Gasteiger partial charge in [-0.25, -0.2) is 0 Å². The summed E-state index contributed by atoms with van der Waals surface area (Å²) in [6, 6.07) is 13.7. The van der Waals surface area contributed by atoms with Gasteiger partial charge in [-0.05, 0) is 37.4 Å². The topological polar surface area (TPSA) is 60.0 Å². The molecular weight excluding hydrogens is 314 g/mol. The van der Waals surface area contributed by atoms with Gasteiger partial charge >= 0.3 is 0 Å². The van der Waals surface area contributed by atoms with E-state index in [2.05, 4.69) is 45.5 Å². The van der Waals surface area contributed by atoms with Crippen molar-refractivity contribution in [1.82, 2.24) is 24.8 Å². The zero-order valence-electron chi connectivity index (χ0n) is 14.0. The molecule has 0 bridgehead atoms. The molecular formula is C19H21N5O. The fraction of sp³-hybridized carbons (Fsp3) is 0.421. The van der Waals surface area contributed by atoms with Crippen molar-refractivity contribution >= 4 is 0 Å². The maximum absolute atomic E-state index is 5.50. The Kier molecular flexibility index (Phi) is 3.63. The molecule has 2 aliphatic rings. The molecule has 0 aliphatic carbocycles. The molecule has 4 heterocycles. The van der Waals surface area contributed by atoms with E-state index in [1.54, 1.807) is 10.9 Å². The predicted octanol–water partition coefficient (Wildman–Crippen LogP) is 3.01. The summed E-state index contributed by atoms with van der Waals surface area (Å²) < 4.78 is 7.31. The minimum absolute atomic E-state index is 0.350. The first-order valence-electron chi connectivity index (χ1n) is 8.99. The molecule has 2 aromatic heterocycles. The lowest BCUT2D eigenvalue weighted by Crippen LogP contribution is -2.27. The number of rotatable bonds is 4. The highest BCUT2D eigenvalue weighted by Gasteiger charge is 2.46. The Bertz CT molecular complexity index is 829. The number of hydrogen-bond acceptors (Lipinski definition) is 5. The van der Waals surface area contributed by atoms with E-state index in [1.165, 1.54) is 24.9 Å². The molecule has 2 aliphatic heterocycles. The van der Waals surface area contributed by atoms with Crippen LogP contribution in [0.1, 0.15) is 48.5 Å². The van der Waals surface area contributed by atoms with Crippen molar-refractivity contribution in [2.24, 2.45) is 0 Å². The van der Waals surface area contributed by atoms with Crippen LogP contribution in [0.15, 0.2) is 53.3 Å². The van der Waals surface area contributed by atoms with E-state index in [9.17, 15) is 0 Å². The second kappa shape index (κ2) is 6.11. The molecule has 5 rings (SSSR count). The predicted molar refractivity (Wildman–Crippen MR) is 91.9 cm³/mol. The van der Waals surface area contributed by atoms with E-state index in [4.69, 9.17) is 9.51 Å². The highest BCUT2D eigenvalue weighted by molar-refractivity contribution is 5.24. The molecule has 1 aromatic carbocycles. The number of aromatic nitrogens is 4. The fourth-order valence-electron chi connectivity index (χ4n) is 4.46. The third-order valence-corrected chi connectivity index (χ3v) is 5.54. The van der Waals surface area contributed by atoms with Crippen molar-refractivity contribution in [2.45, 2.75) is 43.8 Å². The first-order chi connectivity index (χ1) is 12.4. The fourth-order valence-corrected chi connectivity index (χ4v) is 4.46. The van der Waals surface area contributed by atoms with Gasteiger partial charge in [-0.1, -0.05) is 35.5 Å². The second-order valence-electron chi connectivity index (χ2n) is 6.97. The Morgan fingerprint density at radius 3 is 2.92 bits per heavy atom. The molecule has 0 N–H and O–H groups in total. The summed E-state index contributed by atoms with van der Waals surface area (Å²) in [6.07, 6.45) is 7.20. The molecule has 25 heavy (non-hydrogen) atoms. The molecule has 3 atom stereocenters. The number of fused-ring (bicyclic) bond motifs is 1. The van der Waals surface area contributed by atoms with Gasteiger partial charge in [0.2, 0.25) is 5.89 Å². The summed E-state index contributed by atoms with van der Waals surface area (Å²) in [5.74, 6) is 1.84. The van der Waals surface area contributed by atoms with Gasteiger partial charge in [-0.3, -0.25) is 9.58 Å². The lowest BCUT2D eigenvalue weighted by Gasteiger charge is -2.24. The third-order valence-electron chi connectivity index (χ3n) is 5.54. The van der Waals surface area contributed by atoms with Crippen LogP contribution >= 0.6 is 0 Å². The van der Waals surface area contributed by atoms with E-state index in [0.717, 1.165) is 12.2 Å². The average Bonchev–Trinajstić information content (AvgIpc) is 3.41. The molecule has 128 valence electrons. The SMILES string of the molecule is c1ccc([C@@H]2C[C@H](c3noc(Cn4cccn4)n3)[C@H]3CCCN32)cc1. The minimum atomic E-state index is 0.350. The van der Waals surface area contributed by atoms with Crippen molar-refractivity contribution < 1.29 is 4.52 Å². The van der Waals surface area contributed by atoms with E-state index < -0.39 is 0 Å². The largest absolute Gasteiger partial charge is 0.337 e. The van der Waals surface area contributed by atoms with E-state index in [1.807, 2.05) is 12.3 Å². The van der Waals surface area contributed by atoms with Gasteiger partial charge in [0.25, 0.3) is 0 Å². The summed E-state index contributed by atoms with van der Waals surface area (Å²) in [5.41, 5.74) is 1.40. The summed E-state index contributed by atoms with van der Waals surface area (Å²) in [4.78, 5) is 7.33. The van der Waals surface area contributed by atoms with Crippen LogP contribution in [0.2, 0.25) is 0 Å². The number of nitrogens with zero attached hydrogens (tertiary/aromatic N) is 5. The van der Waals surface area contributed by atoms with E-state index >= 15 is 0 Å². The van der Waals surface area contributed by atoms with Crippen LogP contribution in [0.25, 0.3) is 0 Å². The zero-order chi connectivity index (χ0) is 16.6. The van der Waals surface area contributed by atoms with E-state index in [0.29, 0.717) is 30.4 Å². The highest BCUT2D eigenvalue weighted by Crippen LogP contribution is 2.48. The third kappa shape index (κ3) is 2.66. The van der Waals surface area contributed by atoms with Gasteiger partial charge in [-0.2, -0.15) is 10.1 Å². The van der Waals surface area contributed by atoms with Gasteiger partial charge in [0.15, 0.2) is 5.82 Å². The summed E-state index contributed by atoms with van der Waals surface area (Å²) >= 11 is 0. The Morgan fingerprint density at radius 2 is 2.08 bits per heavy atom. The van der Waals surface area contributed by atoms with Crippen molar-refractivity contribution in [2.75, 3.05) is 6.54 Å². The van der Waals surface area contributed by atoms with Crippen molar-refractivity contribution in [3.8, 4) is 0 Å². The molecule has 0 saturated carbocycles. The van der Waals surface area contributed by atoms with Crippen molar-refractivity contribution in [3.63, 3.8) is 0 Å². The molecule has 0 radical (unpaired) electrons. The normalized spacial score (nSPS) is 26.2. The average molecular weight is 335 g/mol. The standard InChI is InChI=1S/C19H21N5O/c1-2-6-14(7-3-1)17-12-15(16-8-4-11-24(16)17)19-21-18(25-22-19)13-23-10-5-9-20-23/h1-3,5-7,9-10,15-17H,4,8,11-13H2/t15-,16+,17-/m0/s1. The van der Waals surface area contributed by atoms with E-state index in [-0.39, 0.29) is 0 Å². The van der Waals surface area contributed by atoms with Gasteiger partial charge in [0.05, 0.1) is 0 Å². The number of benzene rings is 1. The van der Waals surface area contributed by atoms with Crippen molar-refractivity contribution in [1.29, 1.82) is 0 Å². The Balaban J connectivity index is 1.39. The second-order valence-corrected chi connectivity index (χ2v) is 6.97. The minimum Gasteiger partial charge on any atom is -0.337 e. The van der Waals surface area contributed by atoms with Crippen LogP contribution < -0.4 is 0 Å². The van der Waals surface area contributed by atoms with Gasteiger partial charge in [-0.15, -0.1) is 0 Å². The Morgan fingerprint density at radius 1 is 1.16 bits per heavy atom. The van der Waals surface area contributed by atoms with Gasteiger partial charge < -0.3 is 4.52 Å². The highest BCUT2D eigenvalue weighted by atomic mass is 16.5. The number of hydrogen-bond donors (Lipinski definition) is 0. The molecule has 6 heteroatoms. The van der Waals surface area contributed by atoms with Crippen molar-refractivity contribution in [3.05, 3.63) is 66.1 Å². The maximum Gasteiger partial charge on any atom is 0.248 e. The van der Waals surface area contributed by atoms with Gasteiger partial charge in [0.1, 0.15) is 6.54 Å². The zero-order valence-corrected chi connectivity index (χ0v) is 14.0.